The SMILES string of the molecule is CCc1cc2c(=O)n(C(C)C(=O)Nc3ccccc3C(F)(F)F)c(SC)nc2s1. The minimum Gasteiger partial charge on any atom is -0.324 e. The number of hydrogen-bond donors (Lipinski definition) is 1. The number of aromatic nitrogens is 2. The number of benzene rings is 1. The van der Waals surface area contributed by atoms with E-state index in [0.29, 0.717) is 15.4 Å². The number of carbonyl (C=O) groups is 1. The van der Waals surface area contributed by atoms with Crippen LogP contribution >= 0.6 is 23.1 Å². The Morgan fingerprint density at radius 1 is 1.34 bits per heavy atom. The molecule has 10 heteroatoms. The van der Waals surface area contributed by atoms with Crippen LogP contribution in [-0.4, -0.2) is 21.7 Å². The normalized spacial score (nSPS) is 12.9. The van der Waals surface area contributed by atoms with Crippen LogP contribution in [0.15, 0.2) is 40.3 Å². The van der Waals surface area contributed by atoms with Crippen molar-refractivity contribution in [1.82, 2.24) is 9.55 Å². The molecule has 1 atom stereocenters. The summed E-state index contributed by atoms with van der Waals surface area (Å²) in [5, 5.41) is 3.04. The Morgan fingerprint density at radius 3 is 2.66 bits per heavy atom. The van der Waals surface area contributed by atoms with Gasteiger partial charge < -0.3 is 5.32 Å². The van der Waals surface area contributed by atoms with E-state index in [9.17, 15) is 22.8 Å². The van der Waals surface area contributed by atoms with Gasteiger partial charge in [-0.05, 0) is 37.8 Å². The molecule has 0 aliphatic heterocycles. The summed E-state index contributed by atoms with van der Waals surface area (Å²) in [5.41, 5.74) is -1.69. The minimum atomic E-state index is -4.61. The van der Waals surface area contributed by atoms with Gasteiger partial charge in [0.1, 0.15) is 10.9 Å². The highest BCUT2D eigenvalue weighted by Gasteiger charge is 2.34. The largest absolute Gasteiger partial charge is 0.418 e. The molecule has 3 rings (SSSR count). The quantitative estimate of drug-likeness (QED) is 0.449. The van der Waals surface area contributed by atoms with E-state index in [4.69, 9.17) is 0 Å². The molecule has 0 aliphatic carbocycles. The molecule has 0 saturated heterocycles. The van der Waals surface area contributed by atoms with Crippen LogP contribution in [0.5, 0.6) is 0 Å². The Labute approximate surface area is 173 Å². The lowest BCUT2D eigenvalue weighted by atomic mass is 10.1. The van der Waals surface area contributed by atoms with E-state index in [1.54, 1.807) is 12.3 Å². The summed E-state index contributed by atoms with van der Waals surface area (Å²) in [6.07, 6.45) is -2.14. The first-order valence-electron chi connectivity index (χ1n) is 8.73. The van der Waals surface area contributed by atoms with Crippen molar-refractivity contribution in [1.29, 1.82) is 0 Å². The van der Waals surface area contributed by atoms with Gasteiger partial charge >= 0.3 is 6.18 Å². The summed E-state index contributed by atoms with van der Waals surface area (Å²) in [6.45, 7) is 3.43. The summed E-state index contributed by atoms with van der Waals surface area (Å²) in [6, 6.07) is 5.43. The maximum atomic E-state index is 13.2. The van der Waals surface area contributed by atoms with E-state index in [2.05, 4.69) is 10.3 Å². The standard InChI is InChI=1S/C19H18F3N3O2S2/c1-4-11-9-12-16(29-11)24-18(28-3)25(17(12)27)10(2)15(26)23-14-8-6-5-7-13(14)19(20,21)22/h5-10H,4H2,1-3H3,(H,23,26). The summed E-state index contributed by atoms with van der Waals surface area (Å²) in [5.74, 6) is -0.730. The van der Waals surface area contributed by atoms with Gasteiger partial charge in [0.15, 0.2) is 5.16 Å². The number of nitrogens with one attached hydrogen (secondary N) is 1. The Balaban J connectivity index is 2.01. The zero-order valence-electron chi connectivity index (χ0n) is 15.8. The number of amides is 1. The highest BCUT2D eigenvalue weighted by molar-refractivity contribution is 7.98. The molecule has 0 bridgehead atoms. The molecule has 0 radical (unpaired) electrons. The van der Waals surface area contributed by atoms with Crippen LogP contribution in [-0.2, 0) is 17.4 Å². The van der Waals surface area contributed by atoms with Crippen molar-refractivity contribution >= 4 is 44.9 Å². The van der Waals surface area contributed by atoms with Gasteiger partial charge in [0.05, 0.1) is 16.6 Å². The number of alkyl halides is 3. The maximum absolute atomic E-state index is 13.2. The Kier molecular flexibility index (Phi) is 6.04. The van der Waals surface area contributed by atoms with Gasteiger partial charge in [-0.3, -0.25) is 14.2 Å². The monoisotopic (exact) mass is 441 g/mol. The summed E-state index contributed by atoms with van der Waals surface area (Å²) < 4.78 is 40.8. The number of carbonyl (C=O) groups excluding carboxylic acids is 1. The molecule has 0 aliphatic rings. The van der Waals surface area contributed by atoms with E-state index in [1.165, 1.54) is 52.8 Å². The second-order valence-corrected chi connectivity index (χ2v) is 8.16. The predicted octanol–water partition coefficient (Wildman–Crippen LogP) is 4.96. The number of thiophene rings is 1. The third-order valence-electron chi connectivity index (χ3n) is 4.40. The van der Waals surface area contributed by atoms with Gasteiger partial charge in [0.2, 0.25) is 5.91 Å². The van der Waals surface area contributed by atoms with Crippen molar-refractivity contribution in [2.45, 2.75) is 37.6 Å². The minimum absolute atomic E-state index is 0.332. The molecule has 0 spiro atoms. The highest BCUT2D eigenvalue weighted by atomic mass is 32.2. The van der Waals surface area contributed by atoms with Crippen LogP contribution in [0.1, 0.15) is 30.3 Å². The third-order valence-corrected chi connectivity index (χ3v) is 6.23. The Bertz CT molecular complexity index is 1120. The van der Waals surface area contributed by atoms with Gasteiger partial charge in [-0.1, -0.05) is 30.8 Å². The lowest BCUT2D eigenvalue weighted by molar-refractivity contribution is -0.137. The van der Waals surface area contributed by atoms with Gasteiger partial charge in [0, 0.05) is 4.88 Å². The first kappa shape index (κ1) is 21.4. The number of thioether (sulfide) groups is 1. The van der Waals surface area contributed by atoms with Gasteiger partial charge in [0.25, 0.3) is 5.56 Å². The number of para-hydroxylation sites is 1. The molecule has 2 heterocycles. The zero-order valence-corrected chi connectivity index (χ0v) is 17.5. The number of halogens is 3. The molecule has 154 valence electrons. The van der Waals surface area contributed by atoms with E-state index in [-0.39, 0.29) is 11.2 Å². The van der Waals surface area contributed by atoms with Crippen molar-refractivity contribution in [3.05, 3.63) is 51.1 Å². The van der Waals surface area contributed by atoms with Gasteiger partial charge in [-0.2, -0.15) is 13.2 Å². The van der Waals surface area contributed by atoms with E-state index < -0.39 is 23.7 Å². The highest BCUT2D eigenvalue weighted by Crippen LogP contribution is 2.35. The number of fused-ring (bicyclic) bond motifs is 1. The molecule has 0 saturated carbocycles. The van der Waals surface area contributed by atoms with Crippen LogP contribution in [0.2, 0.25) is 0 Å². The molecule has 1 unspecified atom stereocenters. The zero-order chi connectivity index (χ0) is 21.3. The number of anilines is 1. The van der Waals surface area contributed by atoms with E-state index >= 15 is 0 Å². The Hall–Kier alpha value is -2.33. The van der Waals surface area contributed by atoms with Crippen LogP contribution < -0.4 is 10.9 Å². The average Bonchev–Trinajstić information content (AvgIpc) is 3.10. The van der Waals surface area contributed by atoms with Crippen LogP contribution in [0.3, 0.4) is 0 Å². The molecule has 1 aromatic carbocycles. The molecular weight excluding hydrogens is 423 g/mol. The van der Waals surface area contributed by atoms with Gasteiger partial charge in [-0.25, -0.2) is 4.98 Å². The van der Waals surface area contributed by atoms with Crippen LogP contribution in [0.4, 0.5) is 18.9 Å². The molecule has 0 fully saturated rings. The first-order chi connectivity index (χ1) is 13.7. The summed E-state index contributed by atoms with van der Waals surface area (Å²) in [4.78, 5) is 31.8. The fourth-order valence-electron chi connectivity index (χ4n) is 2.88. The van der Waals surface area contributed by atoms with Crippen molar-refractivity contribution in [3.8, 4) is 0 Å². The fraction of sp³-hybridized carbons (Fsp3) is 0.316. The van der Waals surface area contributed by atoms with Crippen molar-refractivity contribution in [2.24, 2.45) is 0 Å². The number of aryl methyl sites for hydroxylation is 1. The predicted molar refractivity (Wildman–Crippen MR) is 110 cm³/mol. The molecule has 29 heavy (non-hydrogen) atoms. The molecular formula is C19H18F3N3O2S2. The number of hydrogen-bond acceptors (Lipinski definition) is 5. The number of rotatable bonds is 5. The second kappa shape index (κ2) is 8.19. The second-order valence-electron chi connectivity index (χ2n) is 6.27. The first-order valence-corrected chi connectivity index (χ1v) is 10.8. The van der Waals surface area contributed by atoms with Crippen molar-refractivity contribution in [2.75, 3.05) is 11.6 Å². The average molecular weight is 442 g/mol. The number of nitrogens with zero attached hydrogens (tertiary/aromatic N) is 2. The Morgan fingerprint density at radius 2 is 2.03 bits per heavy atom. The molecule has 1 amide bonds. The van der Waals surface area contributed by atoms with Gasteiger partial charge in [-0.15, -0.1) is 11.3 Å². The topological polar surface area (TPSA) is 64.0 Å². The smallest absolute Gasteiger partial charge is 0.324 e. The van der Waals surface area contributed by atoms with Crippen LogP contribution in [0, 0.1) is 0 Å². The van der Waals surface area contributed by atoms with Crippen LogP contribution in [0.25, 0.3) is 10.2 Å². The lowest BCUT2D eigenvalue weighted by Crippen LogP contribution is -2.33. The lowest BCUT2D eigenvalue weighted by Gasteiger charge is -2.19. The molecule has 3 aromatic rings. The summed E-state index contributed by atoms with van der Waals surface area (Å²) >= 11 is 2.61. The third kappa shape index (κ3) is 4.18. The maximum Gasteiger partial charge on any atom is 0.418 e. The van der Waals surface area contributed by atoms with E-state index in [0.717, 1.165) is 17.4 Å². The molecule has 2 aromatic heterocycles. The van der Waals surface area contributed by atoms with E-state index in [1.807, 2.05) is 6.92 Å². The molecule has 1 N–H and O–H groups in total. The summed E-state index contributed by atoms with van der Waals surface area (Å²) in [7, 11) is 0. The van der Waals surface area contributed by atoms with Crippen molar-refractivity contribution < 1.29 is 18.0 Å². The van der Waals surface area contributed by atoms with Crippen molar-refractivity contribution in [3.63, 3.8) is 0 Å². The molecule has 5 nitrogen and oxygen atoms in total. The fourth-order valence-corrected chi connectivity index (χ4v) is 4.51.